The molecule has 2 rings (SSSR count). The third-order valence-corrected chi connectivity index (χ3v) is 3.80. The molecule has 0 aliphatic rings. The molecule has 0 radical (unpaired) electrons. The number of halogens is 1. The molecule has 0 atom stereocenters. The second kappa shape index (κ2) is 5.85. The minimum atomic E-state index is 0.667. The number of hydrogen-bond acceptors (Lipinski definition) is 3. The summed E-state index contributed by atoms with van der Waals surface area (Å²) in [4.78, 5) is 0. The zero-order chi connectivity index (χ0) is 12.1. The van der Waals surface area contributed by atoms with Gasteiger partial charge in [-0.05, 0) is 62.9 Å². The standard InChI is InChI=1S/C13H11BrN2S/c14-12-7-11(8-15)1-2-13(12)16-5-3-10-4-6-17-9-10/h1-2,4,6-7,9,16H,3,5H2. The summed E-state index contributed by atoms with van der Waals surface area (Å²) in [5, 5.41) is 16.4. The topological polar surface area (TPSA) is 35.8 Å². The molecule has 0 bridgehead atoms. The molecule has 0 spiro atoms. The van der Waals surface area contributed by atoms with Crippen molar-refractivity contribution in [3.05, 3.63) is 50.6 Å². The lowest BCUT2D eigenvalue weighted by Crippen LogP contribution is -2.04. The monoisotopic (exact) mass is 306 g/mol. The van der Waals surface area contributed by atoms with Crippen molar-refractivity contribution in [1.29, 1.82) is 5.26 Å². The lowest BCUT2D eigenvalue weighted by Gasteiger charge is -2.08. The summed E-state index contributed by atoms with van der Waals surface area (Å²) >= 11 is 5.18. The Morgan fingerprint density at radius 2 is 2.24 bits per heavy atom. The Balaban J connectivity index is 1.93. The highest BCUT2D eigenvalue weighted by Crippen LogP contribution is 2.23. The van der Waals surface area contributed by atoms with E-state index in [9.17, 15) is 0 Å². The molecule has 0 aliphatic carbocycles. The highest BCUT2D eigenvalue weighted by Gasteiger charge is 2.01. The van der Waals surface area contributed by atoms with Crippen LogP contribution in [0.1, 0.15) is 11.1 Å². The molecular weight excluding hydrogens is 296 g/mol. The van der Waals surface area contributed by atoms with Gasteiger partial charge in [0.2, 0.25) is 0 Å². The van der Waals surface area contributed by atoms with Crippen molar-refractivity contribution >= 4 is 33.0 Å². The number of nitrogens with one attached hydrogen (secondary N) is 1. The molecule has 1 aromatic carbocycles. The maximum atomic E-state index is 8.76. The Morgan fingerprint density at radius 1 is 1.35 bits per heavy atom. The fraction of sp³-hybridized carbons (Fsp3) is 0.154. The molecule has 2 aromatic rings. The molecule has 4 heteroatoms. The molecule has 1 heterocycles. The first-order chi connectivity index (χ1) is 8.29. The SMILES string of the molecule is N#Cc1ccc(NCCc2ccsc2)c(Br)c1. The summed E-state index contributed by atoms with van der Waals surface area (Å²) in [6.07, 6.45) is 1.01. The Labute approximate surface area is 113 Å². The largest absolute Gasteiger partial charge is 0.384 e. The number of nitrogens with zero attached hydrogens (tertiary/aromatic N) is 1. The van der Waals surface area contributed by atoms with Crippen LogP contribution in [0, 0.1) is 11.3 Å². The molecule has 2 nitrogen and oxygen atoms in total. The fourth-order valence-electron chi connectivity index (χ4n) is 1.50. The van der Waals surface area contributed by atoms with E-state index in [1.165, 1.54) is 5.56 Å². The molecular formula is C13H11BrN2S. The Bertz CT molecular complexity index is 529. The molecule has 1 aromatic heterocycles. The van der Waals surface area contributed by atoms with E-state index in [4.69, 9.17) is 5.26 Å². The molecule has 0 saturated carbocycles. The van der Waals surface area contributed by atoms with Crippen LogP contribution in [0.25, 0.3) is 0 Å². The number of hydrogen-bond donors (Lipinski definition) is 1. The average Bonchev–Trinajstić information content (AvgIpc) is 2.84. The van der Waals surface area contributed by atoms with Gasteiger partial charge in [0.1, 0.15) is 0 Å². The Morgan fingerprint density at radius 3 is 2.88 bits per heavy atom. The number of rotatable bonds is 4. The zero-order valence-electron chi connectivity index (χ0n) is 9.11. The minimum absolute atomic E-state index is 0.667. The van der Waals surface area contributed by atoms with Gasteiger partial charge < -0.3 is 5.32 Å². The maximum absolute atomic E-state index is 8.76. The van der Waals surface area contributed by atoms with Crippen LogP contribution in [0.3, 0.4) is 0 Å². The van der Waals surface area contributed by atoms with Crippen LogP contribution in [-0.4, -0.2) is 6.54 Å². The fourth-order valence-corrected chi connectivity index (χ4v) is 2.73. The molecule has 86 valence electrons. The van der Waals surface area contributed by atoms with Crippen molar-refractivity contribution in [2.75, 3.05) is 11.9 Å². The van der Waals surface area contributed by atoms with Gasteiger partial charge in [0.25, 0.3) is 0 Å². The number of anilines is 1. The van der Waals surface area contributed by atoms with E-state index in [-0.39, 0.29) is 0 Å². The van der Waals surface area contributed by atoms with Crippen LogP contribution in [0.4, 0.5) is 5.69 Å². The molecule has 17 heavy (non-hydrogen) atoms. The van der Waals surface area contributed by atoms with Gasteiger partial charge in [-0.15, -0.1) is 0 Å². The summed E-state index contributed by atoms with van der Waals surface area (Å²) in [6, 6.07) is 9.83. The molecule has 0 saturated heterocycles. The molecule has 1 N–H and O–H groups in total. The molecule has 0 amide bonds. The lowest BCUT2D eigenvalue weighted by molar-refractivity contribution is 1.03. The highest BCUT2D eigenvalue weighted by molar-refractivity contribution is 9.10. The van der Waals surface area contributed by atoms with Crippen LogP contribution in [-0.2, 0) is 6.42 Å². The van der Waals surface area contributed by atoms with Gasteiger partial charge in [-0.25, -0.2) is 0 Å². The first kappa shape index (κ1) is 12.2. The normalized spacial score (nSPS) is 9.88. The third-order valence-electron chi connectivity index (χ3n) is 2.41. The van der Waals surface area contributed by atoms with E-state index in [2.05, 4.69) is 44.1 Å². The van der Waals surface area contributed by atoms with Crippen LogP contribution in [0.5, 0.6) is 0 Å². The first-order valence-corrected chi connectivity index (χ1v) is 6.98. The molecule has 0 unspecified atom stereocenters. The van der Waals surface area contributed by atoms with E-state index in [1.807, 2.05) is 18.2 Å². The van der Waals surface area contributed by atoms with E-state index in [0.29, 0.717) is 5.56 Å². The first-order valence-electron chi connectivity index (χ1n) is 5.24. The molecule has 0 aliphatic heterocycles. The average molecular weight is 307 g/mol. The van der Waals surface area contributed by atoms with Crippen LogP contribution < -0.4 is 5.32 Å². The van der Waals surface area contributed by atoms with Crippen molar-refractivity contribution in [2.24, 2.45) is 0 Å². The Hall–Kier alpha value is -1.31. The third kappa shape index (κ3) is 3.32. The van der Waals surface area contributed by atoms with E-state index >= 15 is 0 Å². The highest BCUT2D eigenvalue weighted by atomic mass is 79.9. The van der Waals surface area contributed by atoms with Gasteiger partial charge in [0.15, 0.2) is 0 Å². The predicted octanol–water partition coefficient (Wildman–Crippen LogP) is 4.04. The van der Waals surface area contributed by atoms with Gasteiger partial charge >= 0.3 is 0 Å². The maximum Gasteiger partial charge on any atom is 0.0992 e. The second-order valence-corrected chi connectivity index (χ2v) is 5.25. The zero-order valence-corrected chi connectivity index (χ0v) is 11.5. The van der Waals surface area contributed by atoms with Crippen molar-refractivity contribution in [3.63, 3.8) is 0 Å². The number of benzene rings is 1. The van der Waals surface area contributed by atoms with Gasteiger partial charge in [-0.1, -0.05) is 0 Å². The van der Waals surface area contributed by atoms with E-state index < -0.39 is 0 Å². The van der Waals surface area contributed by atoms with Gasteiger partial charge in [0, 0.05) is 16.7 Å². The summed E-state index contributed by atoms with van der Waals surface area (Å²) in [5.41, 5.74) is 3.05. The summed E-state index contributed by atoms with van der Waals surface area (Å²) < 4.78 is 0.932. The van der Waals surface area contributed by atoms with E-state index in [0.717, 1.165) is 23.1 Å². The van der Waals surface area contributed by atoms with Crippen molar-refractivity contribution < 1.29 is 0 Å². The number of thiophene rings is 1. The molecule has 0 fully saturated rings. The van der Waals surface area contributed by atoms with Gasteiger partial charge in [0.05, 0.1) is 11.6 Å². The minimum Gasteiger partial charge on any atom is -0.384 e. The quantitative estimate of drug-likeness (QED) is 0.925. The smallest absolute Gasteiger partial charge is 0.0992 e. The van der Waals surface area contributed by atoms with Crippen LogP contribution >= 0.6 is 27.3 Å². The van der Waals surface area contributed by atoms with Crippen molar-refractivity contribution in [1.82, 2.24) is 0 Å². The van der Waals surface area contributed by atoms with Crippen molar-refractivity contribution in [2.45, 2.75) is 6.42 Å². The van der Waals surface area contributed by atoms with Gasteiger partial charge in [-0.3, -0.25) is 0 Å². The number of nitriles is 1. The summed E-state index contributed by atoms with van der Waals surface area (Å²) in [6.45, 7) is 0.890. The lowest BCUT2D eigenvalue weighted by atomic mass is 10.2. The summed E-state index contributed by atoms with van der Waals surface area (Å²) in [7, 11) is 0. The van der Waals surface area contributed by atoms with Gasteiger partial charge in [-0.2, -0.15) is 16.6 Å². The van der Waals surface area contributed by atoms with Crippen LogP contribution in [0.15, 0.2) is 39.5 Å². The predicted molar refractivity (Wildman–Crippen MR) is 75.4 cm³/mol. The Kier molecular flexibility index (Phi) is 4.18. The van der Waals surface area contributed by atoms with Crippen LogP contribution in [0.2, 0.25) is 0 Å². The summed E-state index contributed by atoms with van der Waals surface area (Å²) in [5.74, 6) is 0. The van der Waals surface area contributed by atoms with Crippen molar-refractivity contribution in [3.8, 4) is 6.07 Å². The van der Waals surface area contributed by atoms with E-state index in [1.54, 1.807) is 11.3 Å². The second-order valence-electron chi connectivity index (χ2n) is 3.61.